The van der Waals surface area contributed by atoms with Crippen molar-refractivity contribution in [1.82, 2.24) is 5.32 Å². The predicted molar refractivity (Wildman–Crippen MR) is 74.9 cm³/mol. The fourth-order valence-electron chi connectivity index (χ4n) is 1.54. The van der Waals surface area contributed by atoms with Gasteiger partial charge in [-0.15, -0.1) is 0 Å². The molecule has 0 spiro atoms. The van der Waals surface area contributed by atoms with Gasteiger partial charge >= 0.3 is 0 Å². The quantitative estimate of drug-likeness (QED) is 0.206. The van der Waals surface area contributed by atoms with Crippen molar-refractivity contribution in [2.75, 3.05) is 11.5 Å². The SMILES string of the molecule is CC(C)(CCCSCC(=O)NC1CC1)C(N)=NO. The predicted octanol–water partition coefficient (Wildman–Crippen LogP) is 1.55. The van der Waals surface area contributed by atoms with Gasteiger partial charge < -0.3 is 16.3 Å². The molecule has 0 aromatic heterocycles. The molecule has 1 aliphatic rings. The number of amides is 1. The van der Waals surface area contributed by atoms with E-state index in [0.29, 0.717) is 11.8 Å². The van der Waals surface area contributed by atoms with E-state index in [1.807, 2.05) is 13.8 Å². The van der Waals surface area contributed by atoms with E-state index in [4.69, 9.17) is 10.9 Å². The summed E-state index contributed by atoms with van der Waals surface area (Å²) in [6.07, 6.45) is 4.06. The lowest BCUT2D eigenvalue weighted by atomic mass is 9.87. The standard InChI is InChI=1S/C12H23N3O2S/c1-12(2,11(13)15-17)6-3-7-18-8-10(16)14-9-4-5-9/h9,17H,3-8H2,1-2H3,(H2,13,15)(H,14,16). The third kappa shape index (κ3) is 5.62. The van der Waals surface area contributed by atoms with Crippen LogP contribution in [-0.2, 0) is 4.79 Å². The number of rotatable bonds is 8. The van der Waals surface area contributed by atoms with Crippen LogP contribution >= 0.6 is 11.8 Å². The van der Waals surface area contributed by atoms with E-state index in [9.17, 15) is 4.79 Å². The molecule has 1 saturated carbocycles. The Balaban J connectivity index is 2.05. The van der Waals surface area contributed by atoms with Crippen LogP contribution in [0.2, 0.25) is 0 Å². The van der Waals surface area contributed by atoms with Crippen molar-refractivity contribution in [2.24, 2.45) is 16.3 Å². The highest BCUT2D eigenvalue weighted by molar-refractivity contribution is 7.99. The monoisotopic (exact) mass is 273 g/mol. The van der Waals surface area contributed by atoms with Gasteiger partial charge in [-0.25, -0.2) is 0 Å². The number of thioether (sulfide) groups is 1. The summed E-state index contributed by atoms with van der Waals surface area (Å²) in [5.74, 6) is 1.85. The first kappa shape index (κ1) is 15.1. The van der Waals surface area contributed by atoms with Gasteiger partial charge in [-0.1, -0.05) is 19.0 Å². The summed E-state index contributed by atoms with van der Waals surface area (Å²) in [7, 11) is 0. The molecule has 1 amide bonds. The maximum atomic E-state index is 11.4. The van der Waals surface area contributed by atoms with Crippen molar-refractivity contribution in [3.63, 3.8) is 0 Å². The molecular formula is C12H23N3O2S. The Morgan fingerprint density at radius 3 is 2.78 bits per heavy atom. The van der Waals surface area contributed by atoms with E-state index in [1.54, 1.807) is 11.8 Å². The molecule has 1 fully saturated rings. The minimum atomic E-state index is -0.286. The molecule has 0 unspecified atom stereocenters. The molecule has 0 aliphatic heterocycles. The normalized spacial score (nSPS) is 16.7. The summed E-state index contributed by atoms with van der Waals surface area (Å²) in [6, 6.07) is 0.442. The Kier molecular flexibility index (Phi) is 5.78. The van der Waals surface area contributed by atoms with Crippen LogP contribution in [-0.4, -0.2) is 34.5 Å². The molecule has 0 aromatic rings. The average Bonchev–Trinajstić information content (AvgIpc) is 3.11. The van der Waals surface area contributed by atoms with Gasteiger partial charge in [0.1, 0.15) is 5.84 Å². The molecule has 0 aromatic carbocycles. The van der Waals surface area contributed by atoms with E-state index in [2.05, 4.69) is 10.5 Å². The van der Waals surface area contributed by atoms with E-state index < -0.39 is 0 Å². The topological polar surface area (TPSA) is 87.7 Å². The molecule has 5 nitrogen and oxygen atoms in total. The molecule has 1 aliphatic carbocycles. The zero-order valence-electron chi connectivity index (χ0n) is 11.1. The maximum absolute atomic E-state index is 11.4. The smallest absolute Gasteiger partial charge is 0.230 e. The summed E-state index contributed by atoms with van der Waals surface area (Å²) in [6.45, 7) is 3.90. The van der Waals surface area contributed by atoms with E-state index in [1.165, 1.54) is 0 Å². The molecular weight excluding hydrogens is 250 g/mol. The zero-order valence-corrected chi connectivity index (χ0v) is 11.9. The van der Waals surface area contributed by atoms with Crippen molar-refractivity contribution in [1.29, 1.82) is 0 Å². The second kappa shape index (κ2) is 6.87. The third-order valence-corrected chi connectivity index (χ3v) is 4.11. The first-order valence-corrected chi connectivity index (χ1v) is 7.46. The number of oxime groups is 1. The van der Waals surface area contributed by atoms with Gasteiger partial charge in [0.05, 0.1) is 5.75 Å². The lowest BCUT2D eigenvalue weighted by Gasteiger charge is -2.22. The van der Waals surface area contributed by atoms with Crippen LogP contribution in [0.15, 0.2) is 5.16 Å². The van der Waals surface area contributed by atoms with Crippen molar-refractivity contribution in [2.45, 2.75) is 45.6 Å². The van der Waals surface area contributed by atoms with Crippen LogP contribution < -0.4 is 11.1 Å². The van der Waals surface area contributed by atoms with Gasteiger partial charge in [0.25, 0.3) is 0 Å². The molecule has 1 rings (SSSR count). The second-order valence-electron chi connectivity index (χ2n) is 5.37. The van der Waals surface area contributed by atoms with Gasteiger partial charge in [-0.2, -0.15) is 11.8 Å². The first-order chi connectivity index (χ1) is 8.45. The van der Waals surface area contributed by atoms with Crippen molar-refractivity contribution in [3.05, 3.63) is 0 Å². The van der Waals surface area contributed by atoms with Gasteiger partial charge in [0.2, 0.25) is 5.91 Å². The Labute approximate surface area is 113 Å². The number of nitrogens with zero attached hydrogens (tertiary/aromatic N) is 1. The van der Waals surface area contributed by atoms with Gasteiger partial charge in [0, 0.05) is 11.5 Å². The third-order valence-electron chi connectivity index (χ3n) is 3.07. The molecule has 18 heavy (non-hydrogen) atoms. The van der Waals surface area contributed by atoms with Crippen molar-refractivity contribution in [3.8, 4) is 0 Å². The van der Waals surface area contributed by atoms with E-state index in [0.717, 1.165) is 31.4 Å². The minimum absolute atomic E-state index is 0.137. The summed E-state index contributed by atoms with van der Waals surface area (Å²) in [4.78, 5) is 11.4. The second-order valence-corrected chi connectivity index (χ2v) is 6.47. The number of amidine groups is 1. The molecule has 0 radical (unpaired) electrons. The zero-order chi connectivity index (χ0) is 13.6. The van der Waals surface area contributed by atoms with Crippen LogP contribution in [0, 0.1) is 5.41 Å². The molecule has 104 valence electrons. The Morgan fingerprint density at radius 2 is 2.22 bits per heavy atom. The van der Waals surface area contributed by atoms with Gasteiger partial charge in [-0.05, 0) is 31.4 Å². The number of nitrogens with one attached hydrogen (secondary N) is 1. The molecule has 0 atom stereocenters. The lowest BCUT2D eigenvalue weighted by molar-refractivity contribution is -0.118. The fourth-order valence-corrected chi connectivity index (χ4v) is 2.30. The summed E-state index contributed by atoms with van der Waals surface area (Å²) < 4.78 is 0. The largest absolute Gasteiger partial charge is 0.409 e. The first-order valence-electron chi connectivity index (χ1n) is 6.31. The highest BCUT2D eigenvalue weighted by Gasteiger charge is 2.24. The van der Waals surface area contributed by atoms with E-state index in [-0.39, 0.29) is 17.2 Å². The summed E-state index contributed by atoms with van der Waals surface area (Å²) in [5.41, 5.74) is 5.32. The number of nitrogens with two attached hydrogens (primary N) is 1. The summed E-state index contributed by atoms with van der Waals surface area (Å²) in [5, 5.41) is 14.6. The lowest BCUT2D eigenvalue weighted by Crippen LogP contribution is -2.32. The average molecular weight is 273 g/mol. The van der Waals surface area contributed by atoms with Crippen LogP contribution in [0.1, 0.15) is 39.5 Å². The van der Waals surface area contributed by atoms with Crippen LogP contribution in [0.5, 0.6) is 0 Å². The number of carbonyl (C=O) groups excluding carboxylic acids is 1. The number of hydrogen-bond acceptors (Lipinski definition) is 4. The highest BCUT2D eigenvalue weighted by atomic mass is 32.2. The minimum Gasteiger partial charge on any atom is -0.409 e. The van der Waals surface area contributed by atoms with E-state index >= 15 is 0 Å². The van der Waals surface area contributed by atoms with Gasteiger partial charge in [-0.3, -0.25) is 4.79 Å². The number of hydrogen-bond donors (Lipinski definition) is 3. The maximum Gasteiger partial charge on any atom is 0.230 e. The molecule has 4 N–H and O–H groups in total. The Hall–Kier alpha value is -0.910. The van der Waals surface area contributed by atoms with Crippen molar-refractivity contribution < 1.29 is 10.0 Å². The van der Waals surface area contributed by atoms with Crippen LogP contribution in [0.25, 0.3) is 0 Å². The molecule has 6 heteroatoms. The van der Waals surface area contributed by atoms with Crippen LogP contribution in [0.4, 0.5) is 0 Å². The number of carbonyl (C=O) groups is 1. The molecule has 0 heterocycles. The Bertz CT molecular complexity index is 314. The summed E-state index contributed by atoms with van der Waals surface area (Å²) >= 11 is 1.64. The van der Waals surface area contributed by atoms with Crippen LogP contribution in [0.3, 0.4) is 0 Å². The van der Waals surface area contributed by atoms with Gasteiger partial charge in [0.15, 0.2) is 0 Å². The molecule has 0 bridgehead atoms. The highest BCUT2D eigenvalue weighted by Crippen LogP contribution is 2.23. The molecule has 0 saturated heterocycles. The fraction of sp³-hybridized carbons (Fsp3) is 0.833. The Morgan fingerprint density at radius 1 is 1.56 bits per heavy atom. The van der Waals surface area contributed by atoms with Crippen molar-refractivity contribution >= 4 is 23.5 Å².